The van der Waals surface area contributed by atoms with Gasteiger partial charge >= 0.3 is 0 Å². The van der Waals surface area contributed by atoms with Crippen LogP contribution in [0.15, 0.2) is 0 Å². The normalized spacial score (nSPS) is 13.2. The fourth-order valence-electron chi connectivity index (χ4n) is 1.26. The first-order chi connectivity index (χ1) is 6.31. The average molecular weight is 187 g/mol. The molecule has 0 aromatic rings. The molecule has 0 rings (SSSR count). The third-order valence-electron chi connectivity index (χ3n) is 2.32. The Labute approximate surface area is 83.1 Å². The third kappa shape index (κ3) is 9.84. The van der Waals surface area contributed by atoms with Crippen LogP contribution in [-0.4, -0.2) is 26.3 Å². The summed E-state index contributed by atoms with van der Waals surface area (Å²) in [5, 5.41) is 3.44. The molecule has 1 N–H and O–H groups in total. The molecule has 80 valence electrons. The first-order valence-electron chi connectivity index (χ1n) is 5.54. The van der Waals surface area contributed by atoms with Crippen molar-refractivity contribution in [2.24, 2.45) is 0 Å². The molecule has 0 aliphatic rings. The summed E-state index contributed by atoms with van der Waals surface area (Å²) in [5.74, 6) is 0. The van der Waals surface area contributed by atoms with Crippen LogP contribution in [0.2, 0.25) is 0 Å². The summed E-state index contributed by atoms with van der Waals surface area (Å²) in [6.45, 7) is 6.67. The van der Waals surface area contributed by atoms with Crippen molar-refractivity contribution in [2.75, 3.05) is 20.2 Å². The minimum Gasteiger partial charge on any atom is -0.382 e. The minimum atomic E-state index is 0.414. The molecule has 0 fully saturated rings. The van der Waals surface area contributed by atoms with Gasteiger partial charge in [0.2, 0.25) is 0 Å². The molecule has 13 heavy (non-hydrogen) atoms. The summed E-state index contributed by atoms with van der Waals surface area (Å²) < 4.78 is 5.17. The van der Waals surface area contributed by atoms with E-state index in [4.69, 9.17) is 4.74 Å². The lowest BCUT2D eigenvalue weighted by Crippen LogP contribution is -2.18. The van der Waals surface area contributed by atoms with Gasteiger partial charge in [-0.25, -0.2) is 0 Å². The topological polar surface area (TPSA) is 21.3 Å². The Hall–Kier alpha value is -0.0800. The largest absolute Gasteiger partial charge is 0.382 e. The molecule has 0 aliphatic carbocycles. The fraction of sp³-hybridized carbons (Fsp3) is 1.00. The molecule has 0 aromatic heterocycles. The van der Waals surface area contributed by atoms with Crippen molar-refractivity contribution in [1.82, 2.24) is 5.32 Å². The van der Waals surface area contributed by atoms with Crippen LogP contribution in [0.4, 0.5) is 0 Å². The summed E-state index contributed by atoms with van der Waals surface area (Å²) in [4.78, 5) is 0. The van der Waals surface area contributed by atoms with E-state index in [1.165, 1.54) is 32.2 Å². The van der Waals surface area contributed by atoms with Gasteiger partial charge in [0.25, 0.3) is 0 Å². The van der Waals surface area contributed by atoms with Crippen molar-refractivity contribution >= 4 is 0 Å². The predicted molar refractivity (Wildman–Crippen MR) is 58.1 cm³/mol. The first-order valence-corrected chi connectivity index (χ1v) is 5.54. The van der Waals surface area contributed by atoms with Crippen LogP contribution in [-0.2, 0) is 4.74 Å². The molecule has 0 heterocycles. The molecule has 1 atom stereocenters. The monoisotopic (exact) mass is 187 g/mol. The highest BCUT2D eigenvalue weighted by molar-refractivity contribution is 4.53. The van der Waals surface area contributed by atoms with Crippen molar-refractivity contribution in [2.45, 2.75) is 52.1 Å². The highest BCUT2D eigenvalue weighted by Gasteiger charge is 1.97. The Morgan fingerprint density at radius 1 is 1.15 bits per heavy atom. The SMILES string of the molecule is CCCCCNCCCC(C)OC. The third-order valence-corrected chi connectivity index (χ3v) is 2.32. The van der Waals surface area contributed by atoms with E-state index in [0.717, 1.165) is 13.0 Å². The van der Waals surface area contributed by atoms with E-state index < -0.39 is 0 Å². The number of hydrogen-bond acceptors (Lipinski definition) is 2. The molecule has 0 aromatic carbocycles. The number of ether oxygens (including phenoxy) is 1. The Balaban J connectivity index is 2.91. The molecule has 2 nitrogen and oxygen atoms in total. The van der Waals surface area contributed by atoms with Crippen LogP contribution in [0.5, 0.6) is 0 Å². The van der Waals surface area contributed by atoms with Gasteiger partial charge in [-0.3, -0.25) is 0 Å². The zero-order valence-corrected chi connectivity index (χ0v) is 9.44. The van der Waals surface area contributed by atoms with Gasteiger partial charge < -0.3 is 10.1 Å². The predicted octanol–water partition coefficient (Wildman–Crippen LogP) is 2.58. The van der Waals surface area contributed by atoms with Crippen LogP contribution in [0.3, 0.4) is 0 Å². The van der Waals surface area contributed by atoms with Gasteiger partial charge in [0.05, 0.1) is 6.10 Å². The van der Waals surface area contributed by atoms with E-state index in [1.807, 2.05) is 0 Å². The van der Waals surface area contributed by atoms with E-state index >= 15 is 0 Å². The summed E-state index contributed by atoms with van der Waals surface area (Å²) in [7, 11) is 1.78. The van der Waals surface area contributed by atoms with Crippen molar-refractivity contribution in [3.63, 3.8) is 0 Å². The van der Waals surface area contributed by atoms with Gasteiger partial charge in [-0.1, -0.05) is 19.8 Å². The Kier molecular flexibility index (Phi) is 9.94. The quantitative estimate of drug-likeness (QED) is 0.560. The molecule has 0 amide bonds. The van der Waals surface area contributed by atoms with Gasteiger partial charge in [-0.05, 0) is 39.3 Å². The summed E-state index contributed by atoms with van der Waals surface area (Å²) in [5.41, 5.74) is 0. The lowest BCUT2D eigenvalue weighted by molar-refractivity contribution is 0.109. The number of methoxy groups -OCH3 is 1. The molecule has 0 bridgehead atoms. The van der Waals surface area contributed by atoms with Gasteiger partial charge in [-0.15, -0.1) is 0 Å². The van der Waals surface area contributed by atoms with Crippen LogP contribution in [0.1, 0.15) is 46.0 Å². The number of rotatable bonds is 9. The average Bonchev–Trinajstić information content (AvgIpc) is 2.16. The minimum absolute atomic E-state index is 0.414. The zero-order valence-electron chi connectivity index (χ0n) is 9.44. The second kappa shape index (κ2) is 10.0. The highest BCUT2D eigenvalue weighted by Crippen LogP contribution is 1.98. The lowest BCUT2D eigenvalue weighted by atomic mass is 10.2. The standard InChI is InChI=1S/C11H25NO/c1-4-5-6-9-12-10-7-8-11(2)13-3/h11-12H,4-10H2,1-3H3. The van der Waals surface area contributed by atoms with E-state index in [2.05, 4.69) is 19.2 Å². The summed E-state index contributed by atoms with van der Waals surface area (Å²) in [6, 6.07) is 0. The van der Waals surface area contributed by atoms with E-state index in [9.17, 15) is 0 Å². The Bertz CT molecular complexity index is 96.1. The number of unbranched alkanes of at least 4 members (excludes halogenated alkanes) is 2. The van der Waals surface area contributed by atoms with Gasteiger partial charge in [0.15, 0.2) is 0 Å². The smallest absolute Gasteiger partial charge is 0.0543 e. The lowest BCUT2D eigenvalue weighted by Gasteiger charge is -2.09. The second-order valence-corrected chi connectivity index (χ2v) is 3.65. The van der Waals surface area contributed by atoms with Gasteiger partial charge in [-0.2, -0.15) is 0 Å². The van der Waals surface area contributed by atoms with Crippen LogP contribution in [0, 0.1) is 0 Å². The highest BCUT2D eigenvalue weighted by atomic mass is 16.5. The van der Waals surface area contributed by atoms with Crippen molar-refractivity contribution in [3.05, 3.63) is 0 Å². The van der Waals surface area contributed by atoms with Crippen molar-refractivity contribution < 1.29 is 4.74 Å². The van der Waals surface area contributed by atoms with E-state index in [0.29, 0.717) is 6.10 Å². The van der Waals surface area contributed by atoms with Gasteiger partial charge in [0.1, 0.15) is 0 Å². The van der Waals surface area contributed by atoms with E-state index in [1.54, 1.807) is 7.11 Å². The number of nitrogens with one attached hydrogen (secondary N) is 1. The Morgan fingerprint density at radius 2 is 1.85 bits per heavy atom. The molecular formula is C11H25NO. The molecule has 2 heteroatoms. The van der Waals surface area contributed by atoms with Gasteiger partial charge in [0, 0.05) is 7.11 Å². The first kappa shape index (κ1) is 12.9. The maximum atomic E-state index is 5.17. The van der Waals surface area contributed by atoms with Crippen LogP contribution < -0.4 is 5.32 Å². The molecule has 1 unspecified atom stereocenters. The van der Waals surface area contributed by atoms with E-state index in [-0.39, 0.29) is 0 Å². The fourth-order valence-corrected chi connectivity index (χ4v) is 1.26. The molecule has 0 radical (unpaired) electrons. The zero-order chi connectivity index (χ0) is 9.94. The Morgan fingerprint density at radius 3 is 2.46 bits per heavy atom. The molecule has 0 aliphatic heterocycles. The molecule has 0 saturated heterocycles. The van der Waals surface area contributed by atoms with Crippen LogP contribution in [0.25, 0.3) is 0 Å². The van der Waals surface area contributed by atoms with Crippen molar-refractivity contribution in [1.29, 1.82) is 0 Å². The van der Waals surface area contributed by atoms with Crippen LogP contribution >= 0.6 is 0 Å². The molecule has 0 spiro atoms. The maximum Gasteiger partial charge on any atom is 0.0543 e. The molecule has 0 saturated carbocycles. The second-order valence-electron chi connectivity index (χ2n) is 3.65. The summed E-state index contributed by atoms with van der Waals surface area (Å²) >= 11 is 0. The summed E-state index contributed by atoms with van der Waals surface area (Å²) in [6.07, 6.45) is 6.77. The maximum absolute atomic E-state index is 5.17. The van der Waals surface area contributed by atoms with Crippen molar-refractivity contribution in [3.8, 4) is 0 Å². The molecular weight excluding hydrogens is 162 g/mol. The number of hydrogen-bond donors (Lipinski definition) is 1.